The summed E-state index contributed by atoms with van der Waals surface area (Å²) in [7, 11) is 4.58. The lowest BCUT2D eigenvalue weighted by atomic mass is 10.1. The molecule has 2 radical (unpaired) electrons. The number of ether oxygens (including phenoxy) is 3. The van der Waals surface area contributed by atoms with Gasteiger partial charge in [0.25, 0.3) is 0 Å². The van der Waals surface area contributed by atoms with Crippen molar-refractivity contribution < 1.29 is 19.0 Å². The molecular weight excluding hydrogens is 220 g/mol. The largest absolute Gasteiger partial charge is 0.493 e. The Morgan fingerprint density at radius 2 is 1.65 bits per heavy atom. The van der Waals surface area contributed by atoms with Crippen LogP contribution in [0.5, 0.6) is 17.2 Å². The summed E-state index contributed by atoms with van der Waals surface area (Å²) in [5.41, 5.74) is 0.735. The van der Waals surface area contributed by atoms with E-state index in [9.17, 15) is 4.79 Å². The Morgan fingerprint density at radius 3 is 2.00 bits per heavy atom. The van der Waals surface area contributed by atoms with Gasteiger partial charge in [0.05, 0.1) is 21.3 Å². The molecule has 0 aliphatic rings. The van der Waals surface area contributed by atoms with E-state index in [1.807, 2.05) is 0 Å². The third-order valence-electron chi connectivity index (χ3n) is 2.13. The number of benzene rings is 1. The molecule has 0 bridgehead atoms. The highest BCUT2D eigenvalue weighted by Crippen LogP contribution is 2.38. The first-order chi connectivity index (χ1) is 8.12. The fourth-order valence-corrected chi connectivity index (χ4v) is 1.38. The monoisotopic (exact) mass is 234 g/mol. The van der Waals surface area contributed by atoms with E-state index in [-0.39, 0.29) is 0 Å². The van der Waals surface area contributed by atoms with Crippen molar-refractivity contribution in [1.29, 1.82) is 0 Å². The van der Waals surface area contributed by atoms with Crippen LogP contribution in [0.4, 0.5) is 0 Å². The second-order valence-electron chi connectivity index (χ2n) is 3.19. The van der Waals surface area contributed by atoms with Crippen molar-refractivity contribution in [3.63, 3.8) is 0 Å². The highest BCUT2D eigenvalue weighted by Gasteiger charge is 2.11. The smallest absolute Gasteiger partial charge is 0.203 e. The quantitative estimate of drug-likeness (QED) is 0.731. The number of carbonyl (C=O) groups excluding carboxylic acids is 1. The van der Waals surface area contributed by atoms with Crippen molar-refractivity contribution in [2.75, 3.05) is 21.3 Å². The lowest BCUT2D eigenvalue weighted by Crippen LogP contribution is -1.95. The van der Waals surface area contributed by atoms with Crippen molar-refractivity contribution in [2.45, 2.75) is 0 Å². The van der Waals surface area contributed by atoms with Crippen LogP contribution in [0.15, 0.2) is 18.2 Å². The second kappa shape index (κ2) is 5.94. The third-order valence-corrected chi connectivity index (χ3v) is 2.13. The second-order valence-corrected chi connectivity index (χ2v) is 3.19. The number of hydrogen-bond acceptors (Lipinski definition) is 4. The van der Waals surface area contributed by atoms with E-state index in [4.69, 9.17) is 21.1 Å². The molecule has 4 heteroatoms. The van der Waals surface area contributed by atoms with Gasteiger partial charge in [-0.25, -0.2) is 0 Å². The van der Waals surface area contributed by atoms with Gasteiger partial charge in [0.15, 0.2) is 17.3 Å². The lowest BCUT2D eigenvalue weighted by Gasteiger charge is -2.12. The predicted octanol–water partition coefficient (Wildman–Crippen LogP) is 2.01. The first-order valence-corrected chi connectivity index (χ1v) is 4.90. The van der Waals surface area contributed by atoms with Gasteiger partial charge in [0.2, 0.25) is 5.75 Å². The first-order valence-electron chi connectivity index (χ1n) is 4.90. The van der Waals surface area contributed by atoms with Crippen LogP contribution in [-0.4, -0.2) is 27.1 Å². The molecule has 0 saturated carbocycles. The summed E-state index contributed by atoms with van der Waals surface area (Å²) in [6.45, 7) is 5.02. The van der Waals surface area contributed by atoms with E-state index >= 15 is 0 Å². The SMILES string of the molecule is [CH]C(=O)/C=C/c1cc(OC)c(OC)c(OC)c1. The molecule has 1 aromatic carbocycles. The van der Waals surface area contributed by atoms with Gasteiger partial charge in [-0.2, -0.15) is 0 Å². The molecule has 0 atom stereocenters. The molecule has 1 aromatic rings. The van der Waals surface area contributed by atoms with Crippen molar-refractivity contribution in [3.05, 3.63) is 30.7 Å². The van der Waals surface area contributed by atoms with Crippen LogP contribution in [-0.2, 0) is 4.79 Å². The number of carbonyl (C=O) groups is 1. The number of methoxy groups -OCH3 is 3. The van der Waals surface area contributed by atoms with Gasteiger partial charge < -0.3 is 14.2 Å². The van der Waals surface area contributed by atoms with Crippen LogP contribution in [0.1, 0.15) is 5.56 Å². The third kappa shape index (κ3) is 3.24. The van der Waals surface area contributed by atoms with Crippen molar-refractivity contribution in [3.8, 4) is 17.2 Å². The highest BCUT2D eigenvalue weighted by atomic mass is 16.5. The molecule has 0 N–H and O–H groups in total. The van der Waals surface area contributed by atoms with Gasteiger partial charge in [0, 0.05) is 6.92 Å². The van der Waals surface area contributed by atoms with E-state index in [0.29, 0.717) is 17.2 Å². The molecule has 0 aliphatic carbocycles. The maximum absolute atomic E-state index is 10.7. The molecule has 0 aliphatic heterocycles. The molecule has 0 unspecified atom stereocenters. The van der Waals surface area contributed by atoms with Gasteiger partial charge >= 0.3 is 0 Å². The van der Waals surface area contributed by atoms with Gasteiger partial charge in [-0.1, -0.05) is 6.08 Å². The zero-order chi connectivity index (χ0) is 12.8. The minimum Gasteiger partial charge on any atom is -0.493 e. The Morgan fingerprint density at radius 1 is 1.12 bits per heavy atom. The molecule has 0 spiro atoms. The first kappa shape index (κ1) is 13.1. The number of allylic oxidation sites excluding steroid dienone is 1. The zero-order valence-corrected chi connectivity index (χ0v) is 10.0. The van der Waals surface area contributed by atoms with E-state index in [0.717, 1.165) is 5.56 Å². The molecule has 90 valence electrons. The molecule has 17 heavy (non-hydrogen) atoms. The van der Waals surface area contributed by atoms with Crippen LogP contribution < -0.4 is 14.2 Å². The predicted molar refractivity (Wildman–Crippen MR) is 64.4 cm³/mol. The summed E-state index contributed by atoms with van der Waals surface area (Å²) in [5.74, 6) is 1.04. The summed E-state index contributed by atoms with van der Waals surface area (Å²) < 4.78 is 15.5. The van der Waals surface area contributed by atoms with Gasteiger partial charge in [-0.3, -0.25) is 4.79 Å². The maximum atomic E-state index is 10.7. The summed E-state index contributed by atoms with van der Waals surface area (Å²) in [6, 6.07) is 3.45. The molecule has 0 fully saturated rings. The average molecular weight is 234 g/mol. The van der Waals surface area contributed by atoms with Crippen LogP contribution in [0.25, 0.3) is 6.08 Å². The minimum atomic E-state index is -0.515. The number of ketones is 1. The molecule has 0 heterocycles. The van der Waals surface area contributed by atoms with E-state index in [1.54, 1.807) is 18.2 Å². The maximum Gasteiger partial charge on any atom is 0.203 e. The zero-order valence-electron chi connectivity index (χ0n) is 10.0. The van der Waals surface area contributed by atoms with Crippen LogP contribution in [0, 0.1) is 6.92 Å². The Bertz CT molecular complexity index is 410. The molecular formula is C13H14O4. The van der Waals surface area contributed by atoms with Gasteiger partial charge in [0.1, 0.15) is 0 Å². The minimum absolute atomic E-state index is 0.506. The molecule has 0 amide bonds. The topological polar surface area (TPSA) is 44.8 Å². The normalized spacial score (nSPS) is 10.4. The summed E-state index contributed by atoms with van der Waals surface area (Å²) in [4.78, 5) is 10.7. The number of rotatable bonds is 5. The lowest BCUT2D eigenvalue weighted by molar-refractivity contribution is -0.110. The molecule has 0 saturated heterocycles. The Labute approximate surface area is 101 Å². The standard InChI is InChI=1S/C13H14O4/c1-9(14)5-6-10-7-11(15-2)13(17-4)12(8-10)16-3/h1,5-8H,2-4H3/b6-5+. The summed E-state index contributed by atoms with van der Waals surface area (Å²) in [5, 5.41) is 0. The van der Waals surface area contributed by atoms with Crippen molar-refractivity contribution in [1.82, 2.24) is 0 Å². The number of hydrogen-bond donors (Lipinski definition) is 0. The van der Waals surface area contributed by atoms with E-state index < -0.39 is 5.78 Å². The van der Waals surface area contributed by atoms with E-state index in [1.165, 1.54) is 27.4 Å². The van der Waals surface area contributed by atoms with Crippen LogP contribution >= 0.6 is 0 Å². The van der Waals surface area contributed by atoms with Crippen molar-refractivity contribution in [2.24, 2.45) is 0 Å². The fourth-order valence-electron chi connectivity index (χ4n) is 1.38. The highest BCUT2D eigenvalue weighted by molar-refractivity contribution is 5.96. The molecule has 1 rings (SSSR count). The average Bonchev–Trinajstić information content (AvgIpc) is 2.34. The summed E-state index contributed by atoms with van der Waals surface area (Å²) >= 11 is 0. The van der Waals surface area contributed by atoms with E-state index in [2.05, 4.69) is 0 Å². The Hall–Kier alpha value is -1.97. The van der Waals surface area contributed by atoms with Crippen molar-refractivity contribution >= 4 is 11.9 Å². The fraction of sp³-hybridized carbons (Fsp3) is 0.231. The Kier molecular flexibility index (Phi) is 4.57. The summed E-state index contributed by atoms with van der Waals surface area (Å²) in [6.07, 6.45) is 2.84. The van der Waals surface area contributed by atoms with Gasteiger partial charge in [-0.05, 0) is 23.8 Å². The van der Waals surface area contributed by atoms with Gasteiger partial charge in [-0.15, -0.1) is 0 Å². The van der Waals surface area contributed by atoms with Crippen LogP contribution in [0.3, 0.4) is 0 Å². The Balaban J connectivity index is 3.22. The molecule has 4 nitrogen and oxygen atoms in total. The molecule has 0 aromatic heterocycles. The van der Waals surface area contributed by atoms with Crippen LogP contribution in [0.2, 0.25) is 0 Å².